The third kappa shape index (κ3) is 3.77. The summed E-state index contributed by atoms with van der Waals surface area (Å²) in [5, 5.41) is 4.82. The van der Waals surface area contributed by atoms with Crippen LogP contribution in [-0.4, -0.2) is 18.5 Å². The molecule has 1 amide bonds. The Bertz CT molecular complexity index is 951. The van der Waals surface area contributed by atoms with Gasteiger partial charge in [-0.2, -0.15) is 0 Å². The normalized spacial score (nSPS) is 10.4. The molecule has 126 valence electrons. The summed E-state index contributed by atoms with van der Waals surface area (Å²) in [6.07, 6.45) is 0. The van der Waals surface area contributed by atoms with Gasteiger partial charge in [-0.25, -0.2) is 4.79 Å². The average molecular weight is 334 g/mol. The fourth-order valence-corrected chi connectivity index (χ4v) is 2.53. The van der Waals surface area contributed by atoms with Gasteiger partial charge >= 0.3 is 5.97 Å². The lowest BCUT2D eigenvalue weighted by atomic mass is 10.1. The molecule has 3 rings (SSSR count). The van der Waals surface area contributed by atoms with Crippen molar-refractivity contribution in [3.63, 3.8) is 0 Å². The number of para-hydroxylation sites is 1. The molecule has 0 saturated heterocycles. The predicted octanol–water partition coefficient (Wildman–Crippen LogP) is 3.53. The number of ether oxygens (including phenoxy) is 1. The molecule has 0 saturated carbocycles. The minimum absolute atomic E-state index is 0.263. The zero-order valence-electron chi connectivity index (χ0n) is 13.8. The van der Waals surface area contributed by atoms with E-state index in [1.54, 1.807) is 31.2 Å². The molecule has 0 spiro atoms. The summed E-state index contributed by atoms with van der Waals surface area (Å²) in [4.78, 5) is 24.1. The van der Waals surface area contributed by atoms with Crippen LogP contribution in [0, 0.1) is 6.92 Å². The number of nitrogens with one attached hydrogen (secondary N) is 1. The van der Waals surface area contributed by atoms with E-state index in [9.17, 15) is 9.59 Å². The molecule has 0 unspecified atom stereocenters. The lowest BCUT2D eigenvalue weighted by Gasteiger charge is -2.09. The molecule has 25 heavy (non-hydrogen) atoms. The molecule has 0 heterocycles. The van der Waals surface area contributed by atoms with Crippen LogP contribution in [0.3, 0.4) is 0 Å². The number of rotatable bonds is 4. The van der Waals surface area contributed by atoms with Crippen molar-refractivity contribution in [3.8, 4) is 0 Å². The molecule has 0 bridgehead atoms. The van der Waals surface area contributed by atoms with Gasteiger partial charge < -0.3 is 15.8 Å². The van der Waals surface area contributed by atoms with E-state index in [1.165, 1.54) is 0 Å². The molecule has 0 radical (unpaired) electrons. The number of hydrogen-bond donors (Lipinski definition) is 2. The Hall–Kier alpha value is -3.34. The summed E-state index contributed by atoms with van der Waals surface area (Å²) in [5.74, 6) is -1.02. The molecule has 0 fully saturated rings. The fraction of sp³-hybridized carbons (Fsp3) is 0.100. The summed E-state index contributed by atoms with van der Waals surface area (Å²) in [6, 6.07) is 18.5. The molecule has 3 N–H and O–H groups in total. The monoisotopic (exact) mass is 334 g/mol. The number of amides is 1. The molecule has 0 aromatic heterocycles. The quantitative estimate of drug-likeness (QED) is 0.565. The summed E-state index contributed by atoms with van der Waals surface area (Å²) < 4.78 is 5.05. The standard InChI is InChI=1S/C20H18N2O3/c1-13-5-4-8-17(19(13)21)20(24)25-12-18(23)22-16-10-9-14-6-2-3-7-15(14)11-16/h2-11H,12,21H2,1H3,(H,22,23). The first-order valence-electron chi connectivity index (χ1n) is 7.85. The lowest BCUT2D eigenvalue weighted by molar-refractivity contribution is -0.119. The molecule has 3 aromatic carbocycles. The first-order valence-corrected chi connectivity index (χ1v) is 7.85. The molecule has 3 aromatic rings. The Balaban J connectivity index is 1.62. The minimum Gasteiger partial charge on any atom is -0.452 e. The second-order valence-electron chi connectivity index (χ2n) is 5.72. The predicted molar refractivity (Wildman–Crippen MR) is 98.5 cm³/mol. The van der Waals surface area contributed by atoms with Gasteiger partial charge in [0.25, 0.3) is 5.91 Å². The maximum atomic E-state index is 12.1. The van der Waals surface area contributed by atoms with Gasteiger partial charge in [-0.15, -0.1) is 0 Å². The maximum Gasteiger partial charge on any atom is 0.340 e. The van der Waals surface area contributed by atoms with Crippen molar-refractivity contribution < 1.29 is 14.3 Å². The number of benzene rings is 3. The molecule has 5 nitrogen and oxygen atoms in total. The summed E-state index contributed by atoms with van der Waals surface area (Å²) >= 11 is 0. The minimum atomic E-state index is -0.616. The highest BCUT2D eigenvalue weighted by atomic mass is 16.5. The maximum absolute atomic E-state index is 12.1. The highest BCUT2D eigenvalue weighted by Crippen LogP contribution is 2.19. The number of hydrogen-bond acceptors (Lipinski definition) is 4. The summed E-state index contributed by atoms with van der Waals surface area (Å²) in [6.45, 7) is 1.43. The van der Waals surface area contributed by atoms with E-state index >= 15 is 0 Å². The second kappa shape index (κ2) is 7.05. The number of nitrogen functional groups attached to an aromatic ring is 1. The van der Waals surface area contributed by atoms with Crippen LogP contribution in [0.4, 0.5) is 11.4 Å². The van der Waals surface area contributed by atoms with Crippen molar-refractivity contribution in [2.24, 2.45) is 0 Å². The molecule has 0 aliphatic carbocycles. The first-order chi connectivity index (χ1) is 12.0. The third-order valence-corrected chi connectivity index (χ3v) is 3.91. The van der Waals surface area contributed by atoms with Crippen molar-refractivity contribution in [1.29, 1.82) is 0 Å². The Kier molecular flexibility index (Phi) is 4.66. The Morgan fingerprint density at radius 3 is 2.56 bits per heavy atom. The van der Waals surface area contributed by atoms with Crippen molar-refractivity contribution in [2.75, 3.05) is 17.7 Å². The molecular weight excluding hydrogens is 316 g/mol. The molecule has 0 aliphatic rings. The second-order valence-corrected chi connectivity index (χ2v) is 5.72. The number of esters is 1. The van der Waals surface area contributed by atoms with Crippen molar-refractivity contribution in [3.05, 3.63) is 71.8 Å². The first kappa shape index (κ1) is 16.5. The van der Waals surface area contributed by atoms with Crippen LogP contribution in [0.25, 0.3) is 10.8 Å². The number of aryl methyl sites for hydroxylation is 1. The van der Waals surface area contributed by atoms with E-state index in [-0.39, 0.29) is 12.2 Å². The van der Waals surface area contributed by atoms with Crippen molar-refractivity contribution >= 4 is 34.0 Å². The third-order valence-electron chi connectivity index (χ3n) is 3.91. The van der Waals surface area contributed by atoms with Crippen LogP contribution in [-0.2, 0) is 9.53 Å². The van der Waals surface area contributed by atoms with E-state index in [2.05, 4.69) is 5.32 Å². The van der Waals surface area contributed by atoms with Crippen LogP contribution in [0.2, 0.25) is 0 Å². The molecule has 0 aliphatic heterocycles. The highest BCUT2D eigenvalue weighted by Gasteiger charge is 2.14. The number of carbonyl (C=O) groups excluding carboxylic acids is 2. The number of carbonyl (C=O) groups is 2. The van der Waals surface area contributed by atoms with E-state index in [0.29, 0.717) is 11.4 Å². The van der Waals surface area contributed by atoms with Crippen LogP contribution in [0.5, 0.6) is 0 Å². The fourth-order valence-electron chi connectivity index (χ4n) is 2.53. The Morgan fingerprint density at radius 1 is 1.00 bits per heavy atom. The highest BCUT2D eigenvalue weighted by molar-refractivity contribution is 5.99. The van der Waals surface area contributed by atoms with Gasteiger partial charge in [-0.3, -0.25) is 4.79 Å². The van der Waals surface area contributed by atoms with E-state index < -0.39 is 11.9 Å². The van der Waals surface area contributed by atoms with Gasteiger partial charge in [0.1, 0.15) is 0 Å². The van der Waals surface area contributed by atoms with Crippen LogP contribution in [0.1, 0.15) is 15.9 Å². The average Bonchev–Trinajstić information content (AvgIpc) is 2.62. The molecule has 5 heteroatoms. The lowest BCUT2D eigenvalue weighted by Crippen LogP contribution is -2.21. The smallest absolute Gasteiger partial charge is 0.340 e. The Morgan fingerprint density at radius 2 is 1.76 bits per heavy atom. The molecular formula is C20H18N2O3. The van der Waals surface area contributed by atoms with E-state index in [4.69, 9.17) is 10.5 Å². The van der Waals surface area contributed by atoms with Crippen molar-refractivity contribution in [1.82, 2.24) is 0 Å². The van der Waals surface area contributed by atoms with Gasteiger partial charge in [0.05, 0.1) is 5.56 Å². The number of fused-ring (bicyclic) bond motifs is 1. The van der Waals surface area contributed by atoms with Crippen LogP contribution >= 0.6 is 0 Å². The van der Waals surface area contributed by atoms with E-state index in [1.807, 2.05) is 36.4 Å². The zero-order chi connectivity index (χ0) is 17.8. The van der Waals surface area contributed by atoms with Gasteiger partial charge in [-0.05, 0) is 41.5 Å². The van der Waals surface area contributed by atoms with Crippen LogP contribution < -0.4 is 11.1 Å². The van der Waals surface area contributed by atoms with Crippen LogP contribution in [0.15, 0.2) is 60.7 Å². The largest absolute Gasteiger partial charge is 0.452 e. The number of nitrogens with two attached hydrogens (primary N) is 1. The topological polar surface area (TPSA) is 81.4 Å². The zero-order valence-corrected chi connectivity index (χ0v) is 13.8. The number of anilines is 2. The van der Waals surface area contributed by atoms with Gasteiger partial charge in [0.2, 0.25) is 0 Å². The van der Waals surface area contributed by atoms with E-state index in [0.717, 1.165) is 16.3 Å². The van der Waals surface area contributed by atoms with Gasteiger partial charge in [0, 0.05) is 11.4 Å². The SMILES string of the molecule is Cc1cccc(C(=O)OCC(=O)Nc2ccc3ccccc3c2)c1N. The van der Waals surface area contributed by atoms with Crippen molar-refractivity contribution in [2.45, 2.75) is 6.92 Å². The molecule has 0 atom stereocenters. The Labute approximate surface area is 145 Å². The van der Waals surface area contributed by atoms with Gasteiger partial charge in [0.15, 0.2) is 6.61 Å². The summed E-state index contributed by atoms with van der Waals surface area (Å²) in [7, 11) is 0. The van der Waals surface area contributed by atoms with Gasteiger partial charge in [-0.1, -0.05) is 42.5 Å². The summed E-state index contributed by atoms with van der Waals surface area (Å²) in [5.41, 5.74) is 7.93.